The molecule has 1 aliphatic rings. The molecular formula is C7H6N2O5S. The quantitative estimate of drug-likeness (QED) is 0.382. The minimum Gasteiger partial charge on any atom is -0.480 e. The number of hydrogen-bond acceptors (Lipinski definition) is 3. The summed E-state index contributed by atoms with van der Waals surface area (Å²) in [4.78, 5) is 12.8. The lowest BCUT2D eigenvalue weighted by atomic mass is 9.99. The second-order valence-corrected chi connectivity index (χ2v) is 4.14. The molecule has 0 saturated heterocycles. The Morgan fingerprint density at radius 3 is 2.47 bits per heavy atom. The number of carboxylic acid groups (broad SMARTS) is 1. The molecule has 1 unspecified atom stereocenters. The molecule has 7 nitrogen and oxygen atoms in total. The van der Waals surface area contributed by atoms with Crippen molar-refractivity contribution in [2.24, 2.45) is 5.92 Å². The molecule has 1 rings (SSSR count). The summed E-state index contributed by atoms with van der Waals surface area (Å²) >= 11 is 0. The molecule has 0 aromatic rings. The summed E-state index contributed by atoms with van der Waals surface area (Å²) in [7, 11) is -4.45. The van der Waals surface area contributed by atoms with E-state index in [9.17, 15) is 13.2 Å². The van der Waals surface area contributed by atoms with Crippen molar-refractivity contribution in [3.63, 3.8) is 0 Å². The zero-order valence-electron chi connectivity index (χ0n) is 7.23. The molecule has 0 bridgehead atoms. The van der Waals surface area contributed by atoms with Gasteiger partial charge in [-0.3, -0.25) is 9.35 Å². The van der Waals surface area contributed by atoms with Crippen LogP contribution in [0.3, 0.4) is 0 Å². The average molecular weight is 230 g/mol. The third kappa shape index (κ3) is 2.38. The van der Waals surface area contributed by atoms with Gasteiger partial charge in [0.1, 0.15) is 0 Å². The summed E-state index contributed by atoms with van der Waals surface area (Å²) in [6.45, 7) is 0. The number of nitrogens with zero attached hydrogens (tertiary/aromatic N) is 2. The van der Waals surface area contributed by atoms with Crippen LogP contribution in [-0.2, 0) is 14.9 Å². The number of aliphatic carboxylic acids is 1. The second kappa shape index (κ2) is 3.77. The minimum absolute atomic E-state index is 0.213. The Balaban J connectivity index is 3.27. The van der Waals surface area contributed by atoms with E-state index in [4.69, 9.17) is 15.2 Å². The maximum absolute atomic E-state index is 10.7. The number of rotatable bonds is 2. The first-order valence-electron chi connectivity index (χ1n) is 3.68. The van der Waals surface area contributed by atoms with Crippen molar-refractivity contribution in [2.75, 3.05) is 0 Å². The highest BCUT2D eigenvalue weighted by molar-refractivity contribution is 7.90. The predicted molar refractivity (Wildman–Crippen MR) is 48.5 cm³/mol. The third-order valence-electron chi connectivity index (χ3n) is 1.75. The topological polar surface area (TPSA) is 128 Å². The van der Waals surface area contributed by atoms with Crippen molar-refractivity contribution < 1.29 is 27.7 Å². The Morgan fingerprint density at radius 1 is 1.47 bits per heavy atom. The normalized spacial score (nSPS) is 20.7. The molecule has 0 radical (unpaired) electrons. The van der Waals surface area contributed by atoms with E-state index < -0.39 is 26.9 Å². The van der Waals surface area contributed by atoms with Crippen LogP contribution >= 0.6 is 0 Å². The lowest BCUT2D eigenvalue weighted by Crippen LogP contribution is -2.24. The largest absolute Gasteiger partial charge is 0.480 e. The van der Waals surface area contributed by atoms with Gasteiger partial charge in [-0.05, 0) is 12.2 Å². The zero-order valence-corrected chi connectivity index (χ0v) is 8.05. The Kier molecular flexibility index (Phi) is 2.85. The molecule has 8 heteroatoms. The van der Waals surface area contributed by atoms with Crippen LogP contribution in [0.5, 0.6) is 0 Å². The van der Waals surface area contributed by atoms with E-state index in [0.29, 0.717) is 0 Å². The Hall–Kier alpha value is -1.76. The fourth-order valence-corrected chi connectivity index (χ4v) is 1.59. The van der Waals surface area contributed by atoms with Gasteiger partial charge in [0.15, 0.2) is 5.92 Å². The van der Waals surface area contributed by atoms with E-state index >= 15 is 0 Å². The lowest BCUT2D eigenvalue weighted by Gasteiger charge is -2.06. The van der Waals surface area contributed by atoms with E-state index in [-0.39, 0.29) is 5.71 Å². The van der Waals surface area contributed by atoms with Crippen molar-refractivity contribution >= 4 is 21.8 Å². The van der Waals surface area contributed by atoms with Crippen LogP contribution in [0.15, 0.2) is 23.1 Å². The number of hydrogen-bond donors (Lipinski definition) is 2. The Bertz CT molecular complexity index is 509. The van der Waals surface area contributed by atoms with Crippen LogP contribution in [-0.4, -0.2) is 34.5 Å². The van der Waals surface area contributed by atoms with Crippen LogP contribution < -0.4 is 0 Å². The Labute approximate surface area is 84.7 Å². The zero-order chi connectivity index (χ0) is 11.6. The molecule has 0 heterocycles. The van der Waals surface area contributed by atoms with Gasteiger partial charge >= 0.3 is 11.7 Å². The van der Waals surface area contributed by atoms with Crippen LogP contribution in [0.4, 0.5) is 0 Å². The van der Waals surface area contributed by atoms with Gasteiger partial charge in [0.2, 0.25) is 0 Å². The molecule has 1 atom stereocenters. The molecule has 1 aliphatic carbocycles. The van der Waals surface area contributed by atoms with Gasteiger partial charge in [-0.2, -0.15) is 13.2 Å². The van der Waals surface area contributed by atoms with Crippen LogP contribution in [0, 0.1) is 5.92 Å². The number of allylic oxidation sites excluding steroid dienone is 2. The van der Waals surface area contributed by atoms with Crippen molar-refractivity contribution in [1.82, 2.24) is 0 Å². The number of carboxylic acids is 1. The first-order valence-corrected chi connectivity index (χ1v) is 5.12. The summed E-state index contributed by atoms with van der Waals surface area (Å²) in [5.41, 5.74) is 8.22. The van der Waals surface area contributed by atoms with Gasteiger partial charge in [0, 0.05) is 6.08 Å². The van der Waals surface area contributed by atoms with Gasteiger partial charge in [-0.15, -0.1) is 0 Å². The molecule has 0 aromatic carbocycles. The SMILES string of the molecule is [N-]=[N+]=C1C=CC(S(=O)(=O)O)=CC1C(=O)O. The Morgan fingerprint density at radius 2 is 2.07 bits per heavy atom. The first-order chi connectivity index (χ1) is 6.86. The van der Waals surface area contributed by atoms with E-state index in [1.165, 1.54) is 0 Å². The second-order valence-electron chi connectivity index (χ2n) is 2.72. The highest BCUT2D eigenvalue weighted by Crippen LogP contribution is 2.17. The van der Waals surface area contributed by atoms with Crippen LogP contribution in [0.1, 0.15) is 0 Å². The fraction of sp³-hybridized carbons (Fsp3) is 0.143. The monoisotopic (exact) mass is 230 g/mol. The summed E-state index contributed by atoms with van der Waals surface area (Å²) in [5, 5.41) is 8.68. The van der Waals surface area contributed by atoms with Gasteiger partial charge in [-0.1, -0.05) is 0 Å². The maximum atomic E-state index is 10.7. The molecule has 0 aromatic heterocycles. The predicted octanol–water partition coefficient (Wildman–Crippen LogP) is -0.301. The van der Waals surface area contributed by atoms with Gasteiger partial charge < -0.3 is 10.6 Å². The summed E-state index contributed by atoms with van der Waals surface area (Å²) in [6.07, 6.45) is 2.73. The van der Waals surface area contributed by atoms with Crippen molar-refractivity contribution in [3.05, 3.63) is 28.7 Å². The molecule has 0 saturated carbocycles. The van der Waals surface area contributed by atoms with Crippen molar-refractivity contribution in [2.45, 2.75) is 0 Å². The highest BCUT2D eigenvalue weighted by Gasteiger charge is 2.32. The maximum Gasteiger partial charge on any atom is 0.322 e. The van der Waals surface area contributed by atoms with E-state index in [1.807, 2.05) is 0 Å². The molecule has 0 aliphatic heterocycles. The molecule has 2 N–H and O–H groups in total. The average Bonchev–Trinajstić information content (AvgIpc) is 2.15. The standard InChI is InChI=1S/C7H6N2O5S/c8-9-6-2-1-4(15(12,13)14)3-5(6)7(10)11/h1-3,5H,(H,10,11)(H,12,13,14). The summed E-state index contributed by atoms with van der Waals surface area (Å²) in [5.74, 6) is -2.77. The third-order valence-corrected chi connectivity index (χ3v) is 2.62. The molecule has 15 heavy (non-hydrogen) atoms. The van der Waals surface area contributed by atoms with Gasteiger partial charge in [0.25, 0.3) is 10.1 Å². The molecular weight excluding hydrogens is 224 g/mol. The van der Waals surface area contributed by atoms with Crippen molar-refractivity contribution in [1.29, 1.82) is 0 Å². The number of carbonyl (C=O) groups is 1. The van der Waals surface area contributed by atoms with Gasteiger partial charge in [0.05, 0.1) is 4.91 Å². The van der Waals surface area contributed by atoms with E-state index in [2.05, 4.69) is 4.79 Å². The highest BCUT2D eigenvalue weighted by atomic mass is 32.2. The minimum atomic E-state index is -4.45. The fourth-order valence-electron chi connectivity index (χ4n) is 1.04. The molecule has 80 valence electrons. The molecule has 0 amide bonds. The lowest BCUT2D eigenvalue weighted by molar-refractivity contribution is -0.139. The first kappa shape index (κ1) is 11.3. The smallest absolute Gasteiger partial charge is 0.322 e. The van der Waals surface area contributed by atoms with E-state index in [1.54, 1.807) is 0 Å². The summed E-state index contributed by atoms with van der Waals surface area (Å²) in [6, 6.07) is 0. The van der Waals surface area contributed by atoms with Crippen LogP contribution in [0.2, 0.25) is 0 Å². The molecule has 0 spiro atoms. The van der Waals surface area contributed by atoms with Crippen LogP contribution in [0.25, 0.3) is 5.53 Å². The van der Waals surface area contributed by atoms with Gasteiger partial charge in [-0.25, -0.2) is 0 Å². The van der Waals surface area contributed by atoms with E-state index in [0.717, 1.165) is 18.2 Å². The summed E-state index contributed by atoms with van der Waals surface area (Å²) < 4.78 is 30.0. The molecule has 0 fully saturated rings. The van der Waals surface area contributed by atoms with Crippen molar-refractivity contribution in [3.8, 4) is 0 Å².